The Balaban J connectivity index is 1.53. The highest BCUT2D eigenvalue weighted by atomic mass is 32.2. The van der Waals surface area contributed by atoms with Crippen LogP contribution in [0.25, 0.3) is 10.9 Å². The van der Waals surface area contributed by atoms with Gasteiger partial charge in [0.05, 0.1) is 17.3 Å². The third-order valence-corrected chi connectivity index (χ3v) is 7.42. The molecule has 6 nitrogen and oxygen atoms in total. The highest BCUT2D eigenvalue weighted by Gasteiger charge is 2.28. The number of benzene rings is 1. The summed E-state index contributed by atoms with van der Waals surface area (Å²) < 4.78 is 27.9. The number of esters is 1. The van der Waals surface area contributed by atoms with Gasteiger partial charge in [0.15, 0.2) is 16.4 Å². The fraction of sp³-hybridized carbons (Fsp3) is 0.412. The number of carbonyl (C=O) groups is 2. The van der Waals surface area contributed by atoms with Crippen LogP contribution < -0.4 is 0 Å². The third kappa shape index (κ3) is 4.24. The molecule has 0 bridgehead atoms. The zero-order valence-corrected chi connectivity index (χ0v) is 15.4. The Bertz CT molecular complexity index is 916. The molecule has 8 heteroatoms. The van der Waals surface area contributed by atoms with Crippen molar-refractivity contribution in [3.8, 4) is 0 Å². The van der Waals surface area contributed by atoms with Crippen LogP contribution in [0.2, 0.25) is 0 Å². The Kier molecular flexibility index (Phi) is 5.19. The van der Waals surface area contributed by atoms with Crippen LogP contribution >= 0.6 is 11.8 Å². The van der Waals surface area contributed by atoms with Crippen LogP contribution in [0.5, 0.6) is 0 Å². The average Bonchev–Trinajstić information content (AvgIpc) is 3.08. The maximum absolute atomic E-state index is 12.4. The number of aryl methyl sites for hydroxylation is 1. The quantitative estimate of drug-likeness (QED) is 0.609. The van der Waals surface area contributed by atoms with Gasteiger partial charge >= 0.3 is 5.97 Å². The van der Waals surface area contributed by atoms with E-state index in [0.717, 1.165) is 16.6 Å². The fourth-order valence-electron chi connectivity index (χ4n) is 2.97. The lowest BCUT2D eigenvalue weighted by molar-refractivity contribution is -0.139. The molecule has 2 heterocycles. The van der Waals surface area contributed by atoms with Crippen molar-refractivity contribution in [3.63, 3.8) is 0 Å². The molecule has 1 aromatic carbocycles. The summed E-state index contributed by atoms with van der Waals surface area (Å²) in [6.45, 7) is 1.50. The Morgan fingerprint density at radius 2 is 2.08 bits per heavy atom. The van der Waals surface area contributed by atoms with Crippen LogP contribution in [0.3, 0.4) is 0 Å². The first-order valence-electron chi connectivity index (χ1n) is 7.94. The predicted molar refractivity (Wildman–Crippen MR) is 97.8 cm³/mol. The molecule has 1 aliphatic rings. The second kappa shape index (κ2) is 7.21. The maximum Gasteiger partial charge on any atom is 0.316 e. The minimum Gasteiger partial charge on any atom is -0.457 e. The number of ether oxygens (including phenoxy) is 1. The number of ketones is 1. The van der Waals surface area contributed by atoms with Gasteiger partial charge < -0.3 is 9.72 Å². The number of fused-ring (bicyclic) bond motifs is 1. The van der Waals surface area contributed by atoms with Gasteiger partial charge in [-0.2, -0.15) is 0 Å². The minimum absolute atomic E-state index is 0.0559. The summed E-state index contributed by atoms with van der Waals surface area (Å²) in [4.78, 5) is 27.4. The maximum atomic E-state index is 12.4. The van der Waals surface area contributed by atoms with Crippen molar-refractivity contribution >= 4 is 44.3 Å². The predicted octanol–water partition coefficient (Wildman–Crippen LogP) is 2.12. The van der Waals surface area contributed by atoms with Crippen LogP contribution in [-0.2, 0) is 19.4 Å². The van der Waals surface area contributed by atoms with Crippen LogP contribution in [-0.4, -0.2) is 54.3 Å². The van der Waals surface area contributed by atoms with Gasteiger partial charge in [0, 0.05) is 27.4 Å². The molecule has 134 valence electrons. The molecule has 1 N–H and O–H groups in total. The summed E-state index contributed by atoms with van der Waals surface area (Å²) >= 11 is 1.28. The number of rotatable bonds is 6. The number of aromatic nitrogens is 1. The molecular weight excluding hydrogens is 362 g/mol. The second-order valence-corrected chi connectivity index (χ2v) is 9.61. The lowest BCUT2D eigenvalue weighted by Gasteiger charge is -2.07. The summed E-state index contributed by atoms with van der Waals surface area (Å²) in [5.41, 5.74) is 2.15. The first kappa shape index (κ1) is 18.0. The van der Waals surface area contributed by atoms with Gasteiger partial charge in [-0.3, -0.25) is 9.59 Å². The van der Waals surface area contributed by atoms with E-state index in [2.05, 4.69) is 4.98 Å². The van der Waals surface area contributed by atoms with E-state index in [0.29, 0.717) is 12.0 Å². The molecule has 25 heavy (non-hydrogen) atoms. The van der Waals surface area contributed by atoms with E-state index in [1.807, 2.05) is 31.2 Å². The van der Waals surface area contributed by atoms with Crippen molar-refractivity contribution in [1.82, 2.24) is 4.98 Å². The largest absolute Gasteiger partial charge is 0.457 e. The number of para-hydroxylation sites is 1. The molecule has 0 amide bonds. The van der Waals surface area contributed by atoms with E-state index in [1.165, 1.54) is 11.8 Å². The third-order valence-electron chi connectivity index (χ3n) is 4.16. The zero-order chi connectivity index (χ0) is 18.0. The number of Topliss-reactive ketones (excluding diaryl/α,β-unsaturated/α-hetero) is 1. The van der Waals surface area contributed by atoms with Crippen LogP contribution in [0.15, 0.2) is 24.3 Å². The summed E-state index contributed by atoms with van der Waals surface area (Å²) in [5, 5.41) is 0.746. The number of H-pyrrole nitrogens is 1. The van der Waals surface area contributed by atoms with E-state index in [4.69, 9.17) is 4.74 Å². The summed E-state index contributed by atoms with van der Waals surface area (Å²) in [5.74, 6) is -0.409. The van der Waals surface area contributed by atoms with Crippen molar-refractivity contribution in [3.05, 3.63) is 35.5 Å². The molecule has 0 unspecified atom stereocenters. The molecule has 0 aliphatic carbocycles. The highest BCUT2D eigenvalue weighted by molar-refractivity contribution is 8.02. The fourth-order valence-corrected chi connectivity index (χ4v) is 6.41. The minimum atomic E-state index is -2.95. The van der Waals surface area contributed by atoms with Gasteiger partial charge in [0.1, 0.15) is 0 Å². The summed E-state index contributed by atoms with van der Waals surface area (Å²) in [6, 6.07) is 7.47. The van der Waals surface area contributed by atoms with E-state index in [-0.39, 0.29) is 34.9 Å². The van der Waals surface area contributed by atoms with Crippen molar-refractivity contribution in [2.45, 2.75) is 18.6 Å². The molecule has 3 rings (SSSR count). The molecule has 2 aromatic rings. The van der Waals surface area contributed by atoms with Crippen molar-refractivity contribution in [2.24, 2.45) is 0 Å². The molecule has 0 spiro atoms. The summed E-state index contributed by atoms with van der Waals surface area (Å²) in [6.07, 6.45) is 0.563. The van der Waals surface area contributed by atoms with Gasteiger partial charge in [0.25, 0.3) is 0 Å². The lowest BCUT2D eigenvalue weighted by atomic mass is 10.1. The number of hydrogen-bond donors (Lipinski definition) is 1. The normalized spacial score (nSPS) is 19.2. The number of carbonyl (C=O) groups excluding carboxylic acids is 2. The number of sulfone groups is 1. The van der Waals surface area contributed by atoms with E-state index >= 15 is 0 Å². The van der Waals surface area contributed by atoms with Crippen molar-refractivity contribution in [1.29, 1.82) is 0 Å². The highest BCUT2D eigenvalue weighted by Crippen LogP contribution is 2.25. The molecule has 1 fully saturated rings. The zero-order valence-electron chi connectivity index (χ0n) is 13.8. The van der Waals surface area contributed by atoms with Crippen LogP contribution in [0.4, 0.5) is 0 Å². The van der Waals surface area contributed by atoms with Gasteiger partial charge in [-0.15, -0.1) is 11.8 Å². The Labute approximate surface area is 150 Å². The van der Waals surface area contributed by atoms with Crippen molar-refractivity contribution in [2.75, 3.05) is 23.9 Å². The number of hydrogen-bond acceptors (Lipinski definition) is 6. The van der Waals surface area contributed by atoms with Crippen LogP contribution in [0.1, 0.15) is 22.5 Å². The number of aromatic amines is 1. The van der Waals surface area contributed by atoms with Gasteiger partial charge in [0.2, 0.25) is 5.78 Å². The lowest BCUT2D eigenvalue weighted by Crippen LogP contribution is -2.17. The molecule has 1 saturated heterocycles. The molecule has 1 atom stereocenters. The number of thioether (sulfide) groups is 1. The molecule has 0 saturated carbocycles. The number of nitrogens with one attached hydrogen (secondary N) is 1. The van der Waals surface area contributed by atoms with Gasteiger partial charge in [-0.1, -0.05) is 18.2 Å². The summed E-state index contributed by atoms with van der Waals surface area (Å²) in [7, 11) is -2.95. The average molecular weight is 381 g/mol. The first-order chi connectivity index (χ1) is 11.9. The smallest absolute Gasteiger partial charge is 0.316 e. The van der Waals surface area contributed by atoms with Crippen LogP contribution in [0, 0.1) is 6.92 Å². The van der Waals surface area contributed by atoms with E-state index in [1.54, 1.807) is 0 Å². The monoisotopic (exact) mass is 381 g/mol. The van der Waals surface area contributed by atoms with E-state index in [9.17, 15) is 18.0 Å². The molecule has 1 aromatic heterocycles. The first-order valence-corrected chi connectivity index (χ1v) is 10.8. The van der Waals surface area contributed by atoms with Gasteiger partial charge in [-0.25, -0.2) is 8.42 Å². The topological polar surface area (TPSA) is 93.3 Å². The Morgan fingerprint density at radius 1 is 1.32 bits per heavy atom. The van der Waals surface area contributed by atoms with E-state index < -0.39 is 15.8 Å². The SMILES string of the molecule is Cc1[nH]c2ccccc2c1C(=O)COC(=O)CS[C@H]1CCS(=O)(=O)C1. The molecule has 1 aliphatic heterocycles. The second-order valence-electron chi connectivity index (χ2n) is 6.09. The van der Waals surface area contributed by atoms with Crippen molar-refractivity contribution < 1.29 is 22.7 Å². The Hall–Kier alpha value is -1.80. The standard InChI is InChI=1S/C17H19NO5S2/c1-11-17(13-4-2-3-5-14(13)18-11)15(19)8-23-16(20)9-24-12-6-7-25(21,22)10-12/h2-5,12,18H,6-10H2,1H3/t12-/m0/s1. The van der Waals surface area contributed by atoms with Gasteiger partial charge in [-0.05, 0) is 19.4 Å². The Morgan fingerprint density at radius 3 is 2.80 bits per heavy atom. The molecule has 0 radical (unpaired) electrons. The molecular formula is C17H19NO5S2.